The zero-order valence-electron chi connectivity index (χ0n) is 9.56. The first-order chi connectivity index (χ1) is 8.61. The molecule has 5 nitrogen and oxygen atoms in total. The van der Waals surface area contributed by atoms with Crippen molar-refractivity contribution in [3.05, 3.63) is 41.3 Å². The van der Waals surface area contributed by atoms with Gasteiger partial charge in [0.15, 0.2) is 0 Å². The Morgan fingerprint density at radius 3 is 2.89 bits per heavy atom. The lowest BCUT2D eigenvalue weighted by Crippen LogP contribution is -2.14. The van der Waals surface area contributed by atoms with Crippen LogP contribution in [-0.2, 0) is 4.74 Å². The van der Waals surface area contributed by atoms with Gasteiger partial charge in [-0.05, 0) is 19.4 Å². The number of nitrogens with zero attached hydrogens (tertiary/aromatic N) is 1. The minimum Gasteiger partial charge on any atom is -0.394 e. The first-order valence-corrected chi connectivity index (χ1v) is 6.41. The van der Waals surface area contributed by atoms with E-state index >= 15 is 0 Å². The van der Waals surface area contributed by atoms with E-state index in [2.05, 4.69) is 0 Å². The minimum absolute atomic E-state index is 0.0714. The Morgan fingerprint density at radius 1 is 1.56 bits per heavy atom. The summed E-state index contributed by atoms with van der Waals surface area (Å²) >= 11 is 1.33. The number of aliphatic hydroxyl groups is 1. The van der Waals surface area contributed by atoms with E-state index in [-0.39, 0.29) is 23.6 Å². The van der Waals surface area contributed by atoms with Crippen molar-refractivity contribution in [2.75, 3.05) is 6.61 Å². The fourth-order valence-corrected chi connectivity index (χ4v) is 3.12. The van der Waals surface area contributed by atoms with Crippen LogP contribution in [-0.4, -0.2) is 34.1 Å². The molecule has 1 heterocycles. The maximum Gasteiger partial charge on any atom is 0.282 e. The Kier molecular flexibility index (Phi) is 4.21. The van der Waals surface area contributed by atoms with Crippen LogP contribution in [0.3, 0.4) is 0 Å². The molecule has 6 heteroatoms. The zero-order valence-corrected chi connectivity index (χ0v) is 10.4. The Bertz CT molecular complexity index is 440. The molecule has 0 aliphatic carbocycles. The van der Waals surface area contributed by atoms with E-state index in [4.69, 9.17) is 16.8 Å². The second-order valence-corrected chi connectivity index (χ2v) is 5.30. The fourth-order valence-electron chi connectivity index (χ4n) is 1.86. The number of para-hydroxylation sites is 1. The number of benzene rings is 1. The normalized spacial score (nSPS) is 27.3. The first kappa shape index (κ1) is 13.3. The van der Waals surface area contributed by atoms with Crippen LogP contribution in [0.15, 0.2) is 29.2 Å². The molecule has 1 aromatic carbocycles. The third kappa shape index (κ3) is 2.82. The maximum atomic E-state index is 10.9. The first-order valence-electron chi connectivity index (χ1n) is 5.53. The number of thioether (sulfide) groups is 1. The lowest BCUT2D eigenvalue weighted by Gasteiger charge is -2.12. The Morgan fingerprint density at radius 2 is 2.28 bits per heavy atom. The Labute approximate surface area is 109 Å². The van der Waals surface area contributed by atoms with Gasteiger partial charge in [0.05, 0.1) is 28.6 Å². The van der Waals surface area contributed by atoms with E-state index in [0.717, 1.165) is 0 Å². The van der Waals surface area contributed by atoms with E-state index in [0.29, 0.717) is 11.3 Å². The lowest BCUT2D eigenvalue weighted by molar-refractivity contribution is -0.387. The molecule has 0 spiro atoms. The van der Waals surface area contributed by atoms with E-state index in [1.807, 2.05) is 0 Å². The number of nitro benzene ring substituents is 1. The monoisotopic (exact) mass is 267 g/mol. The molecular formula is C12H13NO4S. The van der Waals surface area contributed by atoms with Crippen molar-refractivity contribution in [2.24, 2.45) is 0 Å². The summed E-state index contributed by atoms with van der Waals surface area (Å²) in [7, 11) is 0. The third-order valence-electron chi connectivity index (χ3n) is 2.76. The second kappa shape index (κ2) is 5.69. The molecule has 3 atom stereocenters. The van der Waals surface area contributed by atoms with Crippen LogP contribution >= 0.6 is 11.8 Å². The summed E-state index contributed by atoms with van der Waals surface area (Å²) in [5.74, 6) is 0. The van der Waals surface area contributed by atoms with Crippen LogP contribution in [0.5, 0.6) is 0 Å². The van der Waals surface area contributed by atoms with Crippen LogP contribution < -0.4 is 0 Å². The lowest BCUT2D eigenvalue weighted by atomic mass is 10.2. The highest BCUT2D eigenvalue weighted by atomic mass is 32.2. The van der Waals surface area contributed by atoms with Crippen molar-refractivity contribution >= 4 is 17.4 Å². The van der Waals surface area contributed by atoms with Gasteiger partial charge in [0.2, 0.25) is 0 Å². The van der Waals surface area contributed by atoms with Crippen molar-refractivity contribution in [2.45, 2.75) is 28.8 Å². The predicted molar refractivity (Wildman–Crippen MR) is 67.4 cm³/mol. The van der Waals surface area contributed by atoms with E-state index in [1.54, 1.807) is 18.2 Å². The average Bonchev–Trinajstić information content (AvgIpc) is 2.71. The molecule has 1 fully saturated rings. The molecule has 0 saturated carbocycles. The maximum absolute atomic E-state index is 10.9. The molecule has 2 radical (unpaired) electrons. The van der Waals surface area contributed by atoms with Gasteiger partial charge in [-0.15, -0.1) is 11.8 Å². The van der Waals surface area contributed by atoms with Crippen molar-refractivity contribution in [3.8, 4) is 0 Å². The highest BCUT2D eigenvalue weighted by Gasteiger charge is 2.33. The number of hydrogen-bond donors (Lipinski definition) is 1. The molecule has 1 aliphatic heterocycles. The van der Waals surface area contributed by atoms with Gasteiger partial charge in [-0.2, -0.15) is 0 Å². The van der Waals surface area contributed by atoms with Gasteiger partial charge in [0, 0.05) is 11.3 Å². The number of aliphatic hydroxyl groups excluding tert-OH is 1. The highest BCUT2D eigenvalue weighted by molar-refractivity contribution is 8.00. The molecule has 1 aromatic rings. The summed E-state index contributed by atoms with van der Waals surface area (Å²) in [6.45, 7) is 5.71. The topological polar surface area (TPSA) is 72.6 Å². The predicted octanol–water partition coefficient (Wildman–Crippen LogP) is 1.92. The molecular weight excluding hydrogens is 254 g/mol. The van der Waals surface area contributed by atoms with Crippen LogP contribution in [0.4, 0.5) is 5.69 Å². The van der Waals surface area contributed by atoms with Crippen LogP contribution in [0.2, 0.25) is 0 Å². The number of rotatable bonds is 4. The van der Waals surface area contributed by atoms with Crippen molar-refractivity contribution in [1.82, 2.24) is 0 Å². The molecule has 0 aromatic heterocycles. The van der Waals surface area contributed by atoms with Gasteiger partial charge in [0.25, 0.3) is 5.69 Å². The summed E-state index contributed by atoms with van der Waals surface area (Å²) < 4.78 is 5.33. The summed E-state index contributed by atoms with van der Waals surface area (Å²) in [6, 6.07) is 6.54. The minimum atomic E-state index is -0.507. The molecule has 0 bridgehead atoms. The number of hydrogen-bond acceptors (Lipinski definition) is 5. The summed E-state index contributed by atoms with van der Waals surface area (Å²) in [4.78, 5) is 11.1. The van der Waals surface area contributed by atoms with Gasteiger partial charge in [0.1, 0.15) is 0 Å². The van der Waals surface area contributed by atoms with Crippen molar-refractivity contribution in [1.29, 1.82) is 0 Å². The molecule has 2 rings (SSSR count). The molecule has 2 unspecified atom stereocenters. The fraction of sp³-hybridized carbons (Fsp3) is 0.417. The third-order valence-corrected chi connectivity index (χ3v) is 4.12. The quantitative estimate of drug-likeness (QED) is 0.666. The molecule has 96 valence electrons. The highest BCUT2D eigenvalue weighted by Crippen LogP contribution is 2.38. The molecule has 1 aliphatic rings. The molecule has 18 heavy (non-hydrogen) atoms. The number of nitro groups is 1. The van der Waals surface area contributed by atoms with Crippen molar-refractivity contribution in [3.63, 3.8) is 0 Å². The SMILES string of the molecule is [CH]C1O[C@H](CO)CC1Sc1ccccc1[N+](=O)[O-]. The van der Waals surface area contributed by atoms with E-state index < -0.39 is 11.0 Å². The standard InChI is InChI=1S/C12H13NO4S/c1-8-12(6-9(7-14)17-8)18-11-5-3-2-4-10(11)13(15)16/h1-5,8-9,12,14H,6-7H2/t8?,9-,12?/m0/s1. The smallest absolute Gasteiger partial charge is 0.282 e. The Hall–Kier alpha value is -1.11. The summed E-state index contributed by atoms with van der Waals surface area (Å²) in [5.41, 5.74) is 0.0714. The Balaban J connectivity index is 2.12. The van der Waals surface area contributed by atoms with Crippen molar-refractivity contribution < 1.29 is 14.8 Å². The van der Waals surface area contributed by atoms with Crippen LogP contribution in [0.1, 0.15) is 6.42 Å². The average molecular weight is 267 g/mol. The van der Waals surface area contributed by atoms with E-state index in [1.165, 1.54) is 17.8 Å². The molecule has 1 N–H and O–H groups in total. The number of ether oxygens (including phenoxy) is 1. The van der Waals surface area contributed by atoms with Gasteiger partial charge in [-0.1, -0.05) is 12.1 Å². The van der Waals surface area contributed by atoms with Crippen LogP contribution in [0.25, 0.3) is 0 Å². The van der Waals surface area contributed by atoms with Gasteiger partial charge in [-0.3, -0.25) is 10.1 Å². The van der Waals surface area contributed by atoms with Gasteiger partial charge in [-0.25, -0.2) is 0 Å². The molecule has 0 amide bonds. The van der Waals surface area contributed by atoms with Gasteiger partial charge < -0.3 is 9.84 Å². The summed E-state index contributed by atoms with van der Waals surface area (Å²) in [6.07, 6.45) is -0.193. The van der Waals surface area contributed by atoms with E-state index in [9.17, 15) is 10.1 Å². The molecule has 1 saturated heterocycles. The zero-order chi connectivity index (χ0) is 13.1. The van der Waals surface area contributed by atoms with Gasteiger partial charge >= 0.3 is 0 Å². The largest absolute Gasteiger partial charge is 0.394 e. The van der Waals surface area contributed by atoms with Crippen LogP contribution in [0, 0.1) is 17.0 Å². The second-order valence-electron chi connectivity index (χ2n) is 4.02. The summed E-state index contributed by atoms with van der Waals surface area (Å²) in [5, 5.41) is 19.8.